The summed E-state index contributed by atoms with van der Waals surface area (Å²) < 4.78 is 1.75. The van der Waals surface area contributed by atoms with Gasteiger partial charge < -0.3 is 16.0 Å². The van der Waals surface area contributed by atoms with E-state index in [9.17, 15) is 9.59 Å². The molecule has 8 heteroatoms. The second-order valence-corrected chi connectivity index (χ2v) is 6.42. The van der Waals surface area contributed by atoms with Crippen molar-refractivity contribution >= 4 is 29.9 Å². The Morgan fingerprint density at radius 1 is 1.31 bits per heavy atom. The van der Waals surface area contributed by atoms with Crippen LogP contribution in [0.25, 0.3) is 0 Å². The molecule has 1 aliphatic rings. The Balaban J connectivity index is 0.00000243. The summed E-state index contributed by atoms with van der Waals surface area (Å²) in [5, 5.41) is 13.1. The van der Waals surface area contributed by atoms with Gasteiger partial charge in [0.25, 0.3) is 5.91 Å². The lowest BCUT2D eigenvalue weighted by molar-refractivity contribution is -0.119. The maximum atomic E-state index is 12.8. The van der Waals surface area contributed by atoms with Crippen LogP contribution < -0.4 is 16.0 Å². The fourth-order valence-electron chi connectivity index (χ4n) is 3.20. The molecule has 7 nitrogen and oxygen atoms in total. The zero-order valence-electron chi connectivity index (χ0n) is 15.1. The Bertz CT molecular complexity index is 805. The number of hydrogen-bond acceptors (Lipinski definition) is 4. The Hall–Kier alpha value is -2.38. The Morgan fingerprint density at radius 2 is 2.08 bits per heavy atom. The highest BCUT2D eigenvalue weighted by atomic mass is 35.5. The van der Waals surface area contributed by atoms with Crippen molar-refractivity contribution in [1.82, 2.24) is 20.4 Å². The maximum absolute atomic E-state index is 12.8. The highest BCUT2D eigenvalue weighted by Crippen LogP contribution is 2.29. The van der Waals surface area contributed by atoms with Crippen LogP contribution in [-0.4, -0.2) is 41.7 Å². The zero-order chi connectivity index (χ0) is 18.0. The first-order valence-electron chi connectivity index (χ1n) is 8.32. The van der Waals surface area contributed by atoms with Gasteiger partial charge in [-0.1, -0.05) is 6.07 Å². The minimum atomic E-state index is -0.175. The normalized spacial score (nSPS) is 18.9. The molecule has 26 heavy (non-hydrogen) atoms. The molecule has 2 aromatic rings. The van der Waals surface area contributed by atoms with E-state index in [4.69, 9.17) is 0 Å². The van der Waals surface area contributed by atoms with Crippen LogP contribution in [0.15, 0.2) is 30.6 Å². The number of hydrogen-bond donors (Lipinski definition) is 3. The first kappa shape index (κ1) is 19.9. The molecule has 1 fully saturated rings. The van der Waals surface area contributed by atoms with Gasteiger partial charge in [-0.15, -0.1) is 12.4 Å². The van der Waals surface area contributed by atoms with E-state index in [-0.39, 0.29) is 36.1 Å². The number of halogens is 1. The van der Waals surface area contributed by atoms with E-state index >= 15 is 0 Å². The van der Waals surface area contributed by atoms with E-state index in [1.165, 1.54) is 0 Å². The second kappa shape index (κ2) is 8.33. The Labute approximate surface area is 159 Å². The molecule has 0 bridgehead atoms. The van der Waals surface area contributed by atoms with E-state index in [0.29, 0.717) is 17.8 Å². The molecule has 1 aromatic heterocycles. The molecule has 2 heterocycles. The van der Waals surface area contributed by atoms with Gasteiger partial charge in [-0.05, 0) is 30.2 Å². The molecule has 3 N–H and O–H groups in total. The van der Waals surface area contributed by atoms with Crippen LogP contribution in [0.3, 0.4) is 0 Å². The van der Waals surface area contributed by atoms with E-state index < -0.39 is 0 Å². The van der Waals surface area contributed by atoms with Gasteiger partial charge in [0.15, 0.2) is 0 Å². The fraction of sp³-hybridized carbons (Fsp3) is 0.389. The van der Waals surface area contributed by atoms with Crippen molar-refractivity contribution in [3.63, 3.8) is 0 Å². The molecular weight excluding hydrogens is 354 g/mol. The van der Waals surface area contributed by atoms with Gasteiger partial charge in [0, 0.05) is 50.6 Å². The van der Waals surface area contributed by atoms with Crippen molar-refractivity contribution in [2.45, 2.75) is 12.8 Å². The molecule has 1 aromatic carbocycles. The number of nitrogens with zero attached hydrogens (tertiary/aromatic N) is 2. The summed E-state index contributed by atoms with van der Waals surface area (Å²) in [7, 11) is 3.46. The molecule has 0 saturated carbocycles. The third kappa shape index (κ3) is 4.05. The average Bonchev–Trinajstić information content (AvgIpc) is 3.24. The number of anilines is 1. The SMILES string of the molecule is CNC(=O)c1ccc(C)c(NC(=O)[C@H]2CNC[C@@H]2c2cnn(C)c2)c1.Cl. The van der Waals surface area contributed by atoms with Crippen molar-refractivity contribution < 1.29 is 9.59 Å². The molecule has 2 atom stereocenters. The van der Waals surface area contributed by atoms with Crippen LogP contribution in [0.1, 0.15) is 27.4 Å². The van der Waals surface area contributed by atoms with Crippen molar-refractivity contribution in [1.29, 1.82) is 0 Å². The molecule has 0 unspecified atom stereocenters. The smallest absolute Gasteiger partial charge is 0.251 e. The molecule has 0 spiro atoms. The van der Waals surface area contributed by atoms with Crippen LogP contribution in [0.4, 0.5) is 5.69 Å². The van der Waals surface area contributed by atoms with Crippen molar-refractivity contribution in [3.05, 3.63) is 47.3 Å². The number of aryl methyl sites for hydroxylation is 2. The van der Waals surface area contributed by atoms with Gasteiger partial charge >= 0.3 is 0 Å². The lowest BCUT2D eigenvalue weighted by Gasteiger charge is -2.18. The Kier molecular flexibility index (Phi) is 6.39. The number of amides is 2. The highest BCUT2D eigenvalue weighted by Gasteiger charge is 2.34. The summed E-state index contributed by atoms with van der Waals surface area (Å²) in [5.41, 5.74) is 3.17. The van der Waals surface area contributed by atoms with Gasteiger partial charge in [-0.2, -0.15) is 5.10 Å². The van der Waals surface area contributed by atoms with Gasteiger partial charge in [0.05, 0.1) is 12.1 Å². The van der Waals surface area contributed by atoms with Crippen LogP contribution >= 0.6 is 12.4 Å². The summed E-state index contributed by atoms with van der Waals surface area (Å²) in [6, 6.07) is 5.30. The van der Waals surface area contributed by atoms with Crippen LogP contribution in [-0.2, 0) is 11.8 Å². The van der Waals surface area contributed by atoms with Crippen molar-refractivity contribution in [2.24, 2.45) is 13.0 Å². The summed E-state index contributed by atoms with van der Waals surface area (Å²) >= 11 is 0. The van der Waals surface area contributed by atoms with E-state index in [1.807, 2.05) is 32.4 Å². The second-order valence-electron chi connectivity index (χ2n) is 6.42. The van der Waals surface area contributed by atoms with Gasteiger partial charge in [0.1, 0.15) is 0 Å². The summed E-state index contributed by atoms with van der Waals surface area (Å²) in [5.74, 6) is -0.300. The predicted octanol–water partition coefficient (Wildman–Crippen LogP) is 1.45. The molecular formula is C18H24ClN5O2. The highest BCUT2D eigenvalue weighted by molar-refractivity contribution is 5.98. The number of rotatable bonds is 4. The molecule has 2 amide bonds. The number of nitrogens with one attached hydrogen (secondary N) is 3. The standard InChI is InChI=1S/C18H23N5O2.ClH/c1-11-4-5-12(17(24)19-2)6-16(11)22-18(25)15-9-20-8-14(15)13-7-21-23(3)10-13;/h4-7,10,14-15,20H,8-9H2,1-3H3,(H,19,24)(H,22,25);1H/t14-,15+;/m1./s1. The summed E-state index contributed by atoms with van der Waals surface area (Å²) in [4.78, 5) is 24.6. The predicted molar refractivity (Wildman–Crippen MR) is 103 cm³/mol. The summed E-state index contributed by atoms with van der Waals surface area (Å²) in [6.45, 7) is 3.29. The van der Waals surface area contributed by atoms with Gasteiger partial charge in [-0.3, -0.25) is 14.3 Å². The minimum absolute atomic E-state index is 0. The quantitative estimate of drug-likeness (QED) is 0.752. The number of carbonyl (C=O) groups excluding carboxylic acids is 2. The molecule has 1 aliphatic heterocycles. The van der Waals surface area contributed by atoms with Crippen LogP contribution in [0, 0.1) is 12.8 Å². The monoisotopic (exact) mass is 377 g/mol. The molecule has 3 rings (SSSR count). The third-order valence-electron chi connectivity index (χ3n) is 4.69. The van der Waals surface area contributed by atoms with Crippen LogP contribution in [0.2, 0.25) is 0 Å². The minimum Gasteiger partial charge on any atom is -0.355 e. The summed E-state index contributed by atoms with van der Waals surface area (Å²) in [6.07, 6.45) is 3.77. The van der Waals surface area contributed by atoms with E-state index in [0.717, 1.165) is 17.7 Å². The molecule has 0 aliphatic carbocycles. The topological polar surface area (TPSA) is 88.1 Å². The molecule has 140 valence electrons. The van der Waals surface area contributed by atoms with Crippen molar-refractivity contribution in [3.8, 4) is 0 Å². The van der Waals surface area contributed by atoms with Gasteiger partial charge in [0.2, 0.25) is 5.91 Å². The maximum Gasteiger partial charge on any atom is 0.251 e. The zero-order valence-corrected chi connectivity index (χ0v) is 15.9. The third-order valence-corrected chi connectivity index (χ3v) is 4.69. The molecule has 1 saturated heterocycles. The number of aromatic nitrogens is 2. The first-order chi connectivity index (χ1) is 12.0. The lowest BCUT2D eigenvalue weighted by atomic mass is 9.90. The van der Waals surface area contributed by atoms with Crippen LogP contribution in [0.5, 0.6) is 0 Å². The largest absolute Gasteiger partial charge is 0.355 e. The number of benzene rings is 1. The average molecular weight is 378 g/mol. The first-order valence-corrected chi connectivity index (χ1v) is 8.32. The van der Waals surface area contributed by atoms with Crippen molar-refractivity contribution in [2.75, 3.05) is 25.5 Å². The van der Waals surface area contributed by atoms with E-state index in [2.05, 4.69) is 21.0 Å². The number of carbonyl (C=O) groups is 2. The molecule has 0 radical (unpaired) electrons. The van der Waals surface area contributed by atoms with E-state index in [1.54, 1.807) is 23.9 Å². The lowest BCUT2D eigenvalue weighted by Crippen LogP contribution is -2.28. The fourth-order valence-corrected chi connectivity index (χ4v) is 3.20. The Morgan fingerprint density at radius 3 is 2.73 bits per heavy atom. The van der Waals surface area contributed by atoms with Gasteiger partial charge in [-0.25, -0.2) is 0 Å².